The van der Waals surface area contributed by atoms with Crippen LogP contribution in [-0.2, 0) is 6.42 Å². The summed E-state index contributed by atoms with van der Waals surface area (Å²) in [6.45, 7) is 3.37. The molecule has 2 aliphatic rings. The summed E-state index contributed by atoms with van der Waals surface area (Å²) < 4.78 is 11.1. The highest BCUT2D eigenvalue weighted by molar-refractivity contribution is 5.94. The topological polar surface area (TPSA) is 54.7 Å². The largest absolute Gasteiger partial charge is 0.493 e. The zero-order valence-electron chi connectivity index (χ0n) is 14.4. The Morgan fingerprint density at radius 3 is 2.88 bits per heavy atom. The molecule has 25 heavy (non-hydrogen) atoms. The number of amides is 1. The normalized spacial score (nSPS) is 18.4. The second kappa shape index (κ2) is 7.31. The van der Waals surface area contributed by atoms with Gasteiger partial charge in [0.1, 0.15) is 11.5 Å². The standard InChI is InChI=1S/C20H24N2O3/c23-20(16-6-7-18-15(13-16)8-12-25-18)21-14-17(19-5-4-11-24-19)22-9-2-1-3-10-22/h4-7,11,13,17H,1-3,8-10,12,14H2,(H,21,23)/t17-/m0/s1. The summed E-state index contributed by atoms with van der Waals surface area (Å²) in [4.78, 5) is 15.0. The van der Waals surface area contributed by atoms with Crippen molar-refractivity contribution in [3.05, 3.63) is 53.5 Å². The van der Waals surface area contributed by atoms with Gasteiger partial charge >= 0.3 is 0 Å². The average Bonchev–Trinajstić information content (AvgIpc) is 3.34. The number of nitrogens with zero attached hydrogens (tertiary/aromatic N) is 1. The zero-order valence-corrected chi connectivity index (χ0v) is 14.4. The van der Waals surface area contributed by atoms with Crippen molar-refractivity contribution >= 4 is 5.91 Å². The van der Waals surface area contributed by atoms with Gasteiger partial charge in [0.05, 0.1) is 18.9 Å². The fourth-order valence-electron chi connectivity index (χ4n) is 3.74. The number of furan rings is 1. The van der Waals surface area contributed by atoms with E-state index in [1.807, 2.05) is 30.3 Å². The zero-order chi connectivity index (χ0) is 17.1. The number of ether oxygens (including phenoxy) is 1. The molecule has 3 heterocycles. The number of nitrogens with one attached hydrogen (secondary N) is 1. The van der Waals surface area contributed by atoms with Crippen LogP contribution in [0.25, 0.3) is 0 Å². The molecule has 4 rings (SSSR count). The number of benzene rings is 1. The van der Waals surface area contributed by atoms with Crippen molar-refractivity contribution in [3.8, 4) is 5.75 Å². The fraction of sp³-hybridized carbons (Fsp3) is 0.450. The van der Waals surface area contributed by atoms with E-state index in [-0.39, 0.29) is 11.9 Å². The van der Waals surface area contributed by atoms with Crippen molar-refractivity contribution in [2.75, 3.05) is 26.2 Å². The third kappa shape index (κ3) is 3.56. The molecule has 1 amide bonds. The van der Waals surface area contributed by atoms with Crippen LogP contribution in [0.4, 0.5) is 0 Å². The number of rotatable bonds is 5. The summed E-state index contributed by atoms with van der Waals surface area (Å²) >= 11 is 0. The molecule has 1 atom stereocenters. The SMILES string of the molecule is O=C(NC[C@@H](c1ccco1)N1CCCCC1)c1ccc2c(c1)CCO2. The molecule has 1 aromatic heterocycles. The lowest BCUT2D eigenvalue weighted by molar-refractivity contribution is 0.0914. The second-order valence-corrected chi connectivity index (χ2v) is 6.76. The van der Waals surface area contributed by atoms with E-state index in [9.17, 15) is 4.79 Å². The van der Waals surface area contributed by atoms with Crippen molar-refractivity contribution in [2.45, 2.75) is 31.7 Å². The molecule has 1 N–H and O–H groups in total. The molecule has 5 nitrogen and oxygen atoms in total. The van der Waals surface area contributed by atoms with Crippen LogP contribution in [0.2, 0.25) is 0 Å². The van der Waals surface area contributed by atoms with E-state index in [1.54, 1.807) is 6.26 Å². The third-order valence-corrected chi connectivity index (χ3v) is 5.11. The highest BCUT2D eigenvalue weighted by atomic mass is 16.5. The van der Waals surface area contributed by atoms with Crippen molar-refractivity contribution in [1.82, 2.24) is 10.2 Å². The van der Waals surface area contributed by atoms with E-state index >= 15 is 0 Å². The van der Waals surface area contributed by atoms with Crippen LogP contribution in [0.5, 0.6) is 5.75 Å². The number of fused-ring (bicyclic) bond motifs is 1. The lowest BCUT2D eigenvalue weighted by Gasteiger charge is -2.33. The summed E-state index contributed by atoms with van der Waals surface area (Å²) in [5, 5.41) is 3.09. The van der Waals surface area contributed by atoms with Crippen LogP contribution < -0.4 is 10.1 Å². The first-order chi connectivity index (χ1) is 12.3. The lowest BCUT2D eigenvalue weighted by Crippen LogP contribution is -2.40. The summed E-state index contributed by atoms with van der Waals surface area (Å²) in [5.74, 6) is 1.78. The highest BCUT2D eigenvalue weighted by Crippen LogP contribution is 2.27. The van der Waals surface area contributed by atoms with Gasteiger partial charge in [-0.1, -0.05) is 6.42 Å². The molecule has 2 aliphatic heterocycles. The van der Waals surface area contributed by atoms with Crippen LogP contribution in [0.15, 0.2) is 41.0 Å². The molecule has 0 spiro atoms. The van der Waals surface area contributed by atoms with Crippen LogP contribution in [0.1, 0.15) is 47.0 Å². The van der Waals surface area contributed by atoms with Crippen molar-refractivity contribution < 1.29 is 13.9 Å². The minimum atomic E-state index is -0.0386. The molecule has 0 radical (unpaired) electrons. The molecule has 1 aromatic carbocycles. The van der Waals surface area contributed by atoms with E-state index in [2.05, 4.69) is 10.2 Å². The lowest BCUT2D eigenvalue weighted by atomic mass is 10.1. The molecule has 0 unspecified atom stereocenters. The van der Waals surface area contributed by atoms with Gasteiger partial charge in [-0.3, -0.25) is 9.69 Å². The Bertz CT molecular complexity index is 721. The maximum atomic E-state index is 12.6. The Balaban J connectivity index is 1.44. The smallest absolute Gasteiger partial charge is 0.251 e. The first kappa shape index (κ1) is 16.2. The van der Waals surface area contributed by atoms with E-state index < -0.39 is 0 Å². The number of hydrogen-bond acceptors (Lipinski definition) is 4. The first-order valence-corrected chi connectivity index (χ1v) is 9.12. The molecular formula is C20H24N2O3. The maximum Gasteiger partial charge on any atom is 0.251 e. The minimum absolute atomic E-state index is 0.0386. The molecule has 5 heteroatoms. The van der Waals surface area contributed by atoms with E-state index in [0.717, 1.165) is 36.6 Å². The molecule has 1 saturated heterocycles. The van der Waals surface area contributed by atoms with Crippen LogP contribution >= 0.6 is 0 Å². The molecule has 132 valence electrons. The number of carbonyl (C=O) groups excluding carboxylic acids is 1. The van der Waals surface area contributed by atoms with Crippen molar-refractivity contribution in [1.29, 1.82) is 0 Å². The Hall–Kier alpha value is -2.27. The summed E-state index contributed by atoms with van der Waals surface area (Å²) in [6.07, 6.45) is 6.27. The summed E-state index contributed by atoms with van der Waals surface area (Å²) in [5.41, 5.74) is 1.81. The molecule has 2 aromatic rings. The third-order valence-electron chi connectivity index (χ3n) is 5.11. The summed E-state index contributed by atoms with van der Waals surface area (Å²) in [6, 6.07) is 9.68. The van der Waals surface area contributed by atoms with E-state index in [1.165, 1.54) is 19.3 Å². The molecule has 0 saturated carbocycles. The maximum absolute atomic E-state index is 12.6. The van der Waals surface area contributed by atoms with Gasteiger partial charge in [-0.2, -0.15) is 0 Å². The van der Waals surface area contributed by atoms with Crippen LogP contribution in [0.3, 0.4) is 0 Å². The number of piperidine rings is 1. The van der Waals surface area contributed by atoms with Crippen molar-refractivity contribution in [3.63, 3.8) is 0 Å². The quantitative estimate of drug-likeness (QED) is 0.908. The van der Waals surface area contributed by atoms with Gasteiger partial charge in [0, 0.05) is 18.5 Å². The number of hydrogen-bond donors (Lipinski definition) is 1. The second-order valence-electron chi connectivity index (χ2n) is 6.76. The van der Waals surface area contributed by atoms with Crippen LogP contribution in [-0.4, -0.2) is 37.0 Å². The van der Waals surface area contributed by atoms with Gasteiger partial charge < -0.3 is 14.5 Å². The Morgan fingerprint density at radius 1 is 1.20 bits per heavy atom. The highest BCUT2D eigenvalue weighted by Gasteiger charge is 2.25. The van der Waals surface area contributed by atoms with E-state index in [0.29, 0.717) is 18.7 Å². The van der Waals surface area contributed by atoms with Gasteiger partial charge in [-0.05, 0) is 61.8 Å². The van der Waals surface area contributed by atoms with Crippen molar-refractivity contribution in [2.24, 2.45) is 0 Å². The number of carbonyl (C=O) groups is 1. The first-order valence-electron chi connectivity index (χ1n) is 9.12. The van der Waals surface area contributed by atoms with Gasteiger partial charge in [0.2, 0.25) is 0 Å². The van der Waals surface area contributed by atoms with Gasteiger partial charge in [0.15, 0.2) is 0 Å². The molecular weight excluding hydrogens is 316 g/mol. The van der Waals surface area contributed by atoms with E-state index in [4.69, 9.17) is 9.15 Å². The van der Waals surface area contributed by atoms with Gasteiger partial charge in [-0.25, -0.2) is 0 Å². The molecule has 0 aliphatic carbocycles. The predicted octanol–water partition coefficient (Wildman–Crippen LogP) is 3.17. The van der Waals surface area contributed by atoms with Gasteiger partial charge in [0.25, 0.3) is 5.91 Å². The Labute approximate surface area is 148 Å². The average molecular weight is 340 g/mol. The molecule has 1 fully saturated rings. The Kier molecular flexibility index (Phi) is 4.74. The monoisotopic (exact) mass is 340 g/mol. The predicted molar refractivity (Wildman–Crippen MR) is 94.8 cm³/mol. The minimum Gasteiger partial charge on any atom is -0.493 e. The fourth-order valence-corrected chi connectivity index (χ4v) is 3.74. The van der Waals surface area contributed by atoms with Crippen LogP contribution in [0, 0.1) is 0 Å². The summed E-state index contributed by atoms with van der Waals surface area (Å²) in [7, 11) is 0. The molecule has 0 bridgehead atoms. The Morgan fingerprint density at radius 2 is 2.08 bits per heavy atom. The van der Waals surface area contributed by atoms with Gasteiger partial charge in [-0.15, -0.1) is 0 Å². The number of likely N-dealkylation sites (tertiary alicyclic amines) is 1.